The maximum Gasteiger partial charge on any atom is 0.0947 e. The van der Waals surface area contributed by atoms with Crippen molar-refractivity contribution in [1.29, 1.82) is 5.26 Å². The van der Waals surface area contributed by atoms with E-state index in [2.05, 4.69) is 6.07 Å². The van der Waals surface area contributed by atoms with Gasteiger partial charge in [-0.2, -0.15) is 5.26 Å². The Balaban J connectivity index is 1.86. The first-order chi connectivity index (χ1) is 7.81. The predicted octanol–water partition coefficient (Wildman–Crippen LogP) is 2.50. The second-order valence-corrected chi connectivity index (χ2v) is 5.91. The molecule has 0 heterocycles. The van der Waals surface area contributed by atoms with Crippen molar-refractivity contribution in [2.45, 2.75) is 32.1 Å². The highest BCUT2D eigenvalue weighted by atomic mass is 16.2. The molecule has 2 heteroatoms. The molecule has 16 heavy (non-hydrogen) atoms. The Morgan fingerprint density at radius 3 is 2.12 bits per heavy atom. The number of aliphatic hydroxyl groups is 1. The van der Waals surface area contributed by atoms with Gasteiger partial charge in [-0.1, -0.05) is 0 Å². The van der Waals surface area contributed by atoms with E-state index in [0.717, 1.165) is 29.2 Å². The minimum Gasteiger partial charge on any atom is -0.392 e. The Morgan fingerprint density at radius 2 is 1.69 bits per heavy atom. The van der Waals surface area contributed by atoms with E-state index >= 15 is 0 Å². The largest absolute Gasteiger partial charge is 0.392 e. The number of aliphatic hydroxyl groups excluding tert-OH is 1. The highest BCUT2D eigenvalue weighted by Crippen LogP contribution is 2.58. The summed E-state index contributed by atoms with van der Waals surface area (Å²) in [5.41, 5.74) is 0.872. The van der Waals surface area contributed by atoms with E-state index in [9.17, 15) is 5.26 Å². The Morgan fingerprint density at radius 1 is 1.12 bits per heavy atom. The Bertz CT molecular complexity index is 324. The van der Waals surface area contributed by atoms with Crippen LogP contribution < -0.4 is 0 Å². The molecule has 0 aromatic rings. The minimum atomic E-state index is 0.0195. The predicted molar refractivity (Wildman–Crippen MR) is 61.3 cm³/mol. The van der Waals surface area contributed by atoms with Crippen LogP contribution in [0.25, 0.3) is 0 Å². The molecule has 4 rings (SSSR count). The fourth-order valence-corrected chi connectivity index (χ4v) is 4.79. The van der Waals surface area contributed by atoms with Gasteiger partial charge in [-0.05, 0) is 67.8 Å². The van der Waals surface area contributed by atoms with E-state index < -0.39 is 0 Å². The molecule has 1 N–H and O–H groups in total. The third kappa shape index (κ3) is 1.50. The van der Waals surface area contributed by atoms with Crippen LogP contribution in [-0.4, -0.2) is 11.7 Å². The molecule has 0 amide bonds. The summed E-state index contributed by atoms with van der Waals surface area (Å²) in [6.45, 7) is 0.0195. The third-order valence-corrected chi connectivity index (χ3v) is 5.03. The van der Waals surface area contributed by atoms with Crippen molar-refractivity contribution in [3.8, 4) is 6.07 Å². The van der Waals surface area contributed by atoms with Gasteiger partial charge in [0, 0.05) is 5.57 Å². The van der Waals surface area contributed by atoms with Gasteiger partial charge in [-0.3, -0.25) is 0 Å². The first-order valence-electron chi connectivity index (χ1n) is 6.52. The zero-order valence-corrected chi connectivity index (χ0v) is 9.60. The minimum absolute atomic E-state index is 0.0195. The van der Waals surface area contributed by atoms with E-state index in [0.29, 0.717) is 5.92 Å². The lowest BCUT2D eigenvalue weighted by Gasteiger charge is -2.54. The molecule has 0 aliphatic heterocycles. The van der Waals surface area contributed by atoms with Crippen LogP contribution in [0.1, 0.15) is 32.1 Å². The van der Waals surface area contributed by atoms with E-state index in [1.54, 1.807) is 6.08 Å². The molecule has 4 aliphatic rings. The lowest BCUT2D eigenvalue weighted by atomic mass is 9.50. The van der Waals surface area contributed by atoms with Gasteiger partial charge in [0.05, 0.1) is 12.7 Å². The molecular formula is C14H19NO. The summed E-state index contributed by atoms with van der Waals surface area (Å²) in [6, 6.07) is 2.33. The van der Waals surface area contributed by atoms with E-state index in [1.165, 1.54) is 32.1 Å². The number of hydrogen-bond donors (Lipinski definition) is 1. The summed E-state index contributed by atoms with van der Waals surface area (Å²) < 4.78 is 0. The summed E-state index contributed by atoms with van der Waals surface area (Å²) in [5.74, 6) is 3.87. The van der Waals surface area contributed by atoms with Gasteiger partial charge in [-0.25, -0.2) is 0 Å². The molecule has 4 fully saturated rings. The number of nitrogens with zero attached hydrogens (tertiary/aromatic N) is 1. The molecule has 0 radical (unpaired) electrons. The zero-order valence-electron chi connectivity index (χ0n) is 9.60. The third-order valence-electron chi connectivity index (χ3n) is 5.03. The number of allylic oxidation sites excluding steroid dienone is 1. The molecule has 0 spiro atoms. The van der Waals surface area contributed by atoms with Crippen LogP contribution in [0.2, 0.25) is 0 Å². The first kappa shape index (κ1) is 10.4. The van der Waals surface area contributed by atoms with Crippen molar-refractivity contribution in [2.75, 3.05) is 6.61 Å². The summed E-state index contributed by atoms with van der Waals surface area (Å²) in [7, 11) is 0. The smallest absolute Gasteiger partial charge is 0.0947 e. The van der Waals surface area contributed by atoms with Crippen LogP contribution in [0.3, 0.4) is 0 Å². The van der Waals surface area contributed by atoms with Crippen LogP contribution >= 0.6 is 0 Å². The highest BCUT2D eigenvalue weighted by Gasteiger charge is 2.49. The van der Waals surface area contributed by atoms with Crippen molar-refractivity contribution in [3.05, 3.63) is 11.6 Å². The molecule has 86 valence electrons. The second kappa shape index (κ2) is 3.89. The van der Waals surface area contributed by atoms with Crippen molar-refractivity contribution >= 4 is 0 Å². The summed E-state index contributed by atoms with van der Waals surface area (Å²) in [6.07, 6.45) is 8.53. The van der Waals surface area contributed by atoms with Crippen molar-refractivity contribution in [3.63, 3.8) is 0 Å². The lowest BCUT2D eigenvalue weighted by Crippen LogP contribution is -2.45. The number of hydrogen-bond acceptors (Lipinski definition) is 2. The summed E-state index contributed by atoms with van der Waals surface area (Å²) in [5, 5.41) is 18.2. The molecule has 4 bridgehead atoms. The zero-order chi connectivity index (χ0) is 11.1. The highest BCUT2D eigenvalue weighted by molar-refractivity contribution is 5.27. The lowest BCUT2D eigenvalue weighted by molar-refractivity contribution is -0.0193. The van der Waals surface area contributed by atoms with Crippen molar-refractivity contribution in [1.82, 2.24) is 0 Å². The van der Waals surface area contributed by atoms with Gasteiger partial charge >= 0.3 is 0 Å². The van der Waals surface area contributed by atoms with Crippen LogP contribution in [-0.2, 0) is 0 Å². The van der Waals surface area contributed by atoms with Gasteiger partial charge in [0.15, 0.2) is 0 Å². The molecule has 0 aromatic heterocycles. The average Bonchev–Trinajstić information content (AvgIpc) is 2.26. The molecular weight excluding hydrogens is 198 g/mol. The van der Waals surface area contributed by atoms with Gasteiger partial charge < -0.3 is 5.11 Å². The van der Waals surface area contributed by atoms with E-state index in [4.69, 9.17) is 5.11 Å². The topological polar surface area (TPSA) is 44.0 Å². The first-order valence-corrected chi connectivity index (χ1v) is 6.52. The SMILES string of the molecule is N#C/C(=C\CO)C1C2CC3CC(C2)CC1C3. The molecule has 0 unspecified atom stereocenters. The fraction of sp³-hybridized carbons (Fsp3) is 0.786. The maximum absolute atomic E-state index is 9.21. The van der Waals surface area contributed by atoms with Gasteiger partial charge in [0.25, 0.3) is 0 Å². The normalized spacial score (nSPS) is 45.8. The molecule has 0 atom stereocenters. The fourth-order valence-electron chi connectivity index (χ4n) is 4.79. The monoisotopic (exact) mass is 217 g/mol. The Labute approximate surface area is 97.0 Å². The van der Waals surface area contributed by atoms with Crippen LogP contribution in [0.4, 0.5) is 0 Å². The molecule has 2 nitrogen and oxygen atoms in total. The maximum atomic E-state index is 9.21. The van der Waals surface area contributed by atoms with E-state index in [1.807, 2.05) is 0 Å². The standard InChI is InChI=1S/C14H19NO/c15-8-11(1-2-16)14-12-4-9-3-10(6-12)7-13(14)5-9/h1,9-10,12-14,16H,2-7H2/b11-1+. The van der Waals surface area contributed by atoms with Crippen molar-refractivity contribution in [2.24, 2.45) is 29.6 Å². The molecule has 0 saturated heterocycles. The van der Waals surface area contributed by atoms with Gasteiger partial charge in [-0.15, -0.1) is 0 Å². The van der Waals surface area contributed by atoms with Crippen LogP contribution in [0.15, 0.2) is 11.6 Å². The van der Waals surface area contributed by atoms with Crippen molar-refractivity contribution < 1.29 is 5.11 Å². The summed E-state index contributed by atoms with van der Waals surface area (Å²) >= 11 is 0. The Hall–Kier alpha value is -0.810. The Kier molecular flexibility index (Phi) is 2.52. The van der Waals surface area contributed by atoms with Gasteiger partial charge in [0.1, 0.15) is 0 Å². The number of rotatable bonds is 2. The van der Waals surface area contributed by atoms with Crippen LogP contribution in [0, 0.1) is 40.9 Å². The van der Waals surface area contributed by atoms with Crippen LogP contribution in [0.5, 0.6) is 0 Å². The summed E-state index contributed by atoms with van der Waals surface area (Å²) in [4.78, 5) is 0. The quantitative estimate of drug-likeness (QED) is 0.722. The van der Waals surface area contributed by atoms with E-state index in [-0.39, 0.29) is 6.61 Å². The second-order valence-electron chi connectivity index (χ2n) is 5.91. The molecule has 4 aliphatic carbocycles. The molecule has 4 saturated carbocycles. The van der Waals surface area contributed by atoms with Gasteiger partial charge in [0.2, 0.25) is 0 Å². The number of nitriles is 1. The molecule has 0 aromatic carbocycles. The average molecular weight is 217 g/mol.